The van der Waals surface area contributed by atoms with Gasteiger partial charge in [-0.05, 0) is 66.0 Å². The zero-order valence-corrected chi connectivity index (χ0v) is 14.3. The van der Waals surface area contributed by atoms with Gasteiger partial charge < -0.3 is 10.6 Å². The van der Waals surface area contributed by atoms with E-state index in [1.807, 2.05) is 52.1 Å². The van der Waals surface area contributed by atoms with E-state index in [1.165, 1.54) is 0 Å². The third-order valence-electron chi connectivity index (χ3n) is 3.36. The smallest absolute Gasteiger partial charge is 0.257 e. The molecule has 0 bridgehead atoms. The fourth-order valence-electron chi connectivity index (χ4n) is 2.32. The Bertz CT molecular complexity index is 672. The van der Waals surface area contributed by atoms with Gasteiger partial charge in [-0.3, -0.25) is 4.79 Å². The molecular weight excluding hydrogens is 328 g/mol. The molecule has 0 aliphatic rings. The van der Waals surface area contributed by atoms with Gasteiger partial charge in [0.2, 0.25) is 0 Å². The predicted octanol–water partition coefficient (Wildman–Crippen LogP) is 4.67. The third kappa shape index (κ3) is 3.45. The van der Waals surface area contributed by atoms with Crippen molar-refractivity contribution >= 4 is 33.2 Å². The highest BCUT2D eigenvalue weighted by Crippen LogP contribution is 2.29. The molecule has 0 saturated heterocycles. The van der Waals surface area contributed by atoms with Gasteiger partial charge in [0, 0.05) is 17.2 Å². The minimum absolute atomic E-state index is 0.115. The van der Waals surface area contributed by atoms with Crippen molar-refractivity contribution in [2.24, 2.45) is 0 Å². The van der Waals surface area contributed by atoms with Crippen LogP contribution in [0.1, 0.15) is 27.0 Å². The Kier molecular flexibility index (Phi) is 4.68. The van der Waals surface area contributed by atoms with Gasteiger partial charge in [0.25, 0.3) is 5.91 Å². The first-order valence-corrected chi connectivity index (χ1v) is 7.58. The molecule has 3 nitrogen and oxygen atoms in total. The number of hydrogen-bond acceptors (Lipinski definition) is 2. The molecule has 0 atom stereocenters. The van der Waals surface area contributed by atoms with E-state index in [2.05, 4.69) is 32.6 Å². The van der Waals surface area contributed by atoms with Crippen LogP contribution >= 0.6 is 15.9 Å². The van der Waals surface area contributed by atoms with Crippen LogP contribution in [0.2, 0.25) is 0 Å². The molecule has 0 aliphatic heterocycles. The summed E-state index contributed by atoms with van der Waals surface area (Å²) in [5.41, 5.74) is 5.52. The Labute approximate surface area is 133 Å². The summed E-state index contributed by atoms with van der Waals surface area (Å²) in [4.78, 5) is 12.6. The lowest BCUT2D eigenvalue weighted by molar-refractivity contribution is 0.102. The second kappa shape index (κ2) is 6.31. The number of halogens is 1. The first-order valence-electron chi connectivity index (χ1n) is 6.79. The Balaban J connectivity index is 2.37. The molecule has 2 rings (SSSR count). The lowest BCUT2D eigenvalue weighted by atomic mass is 10.1. The number of hydrogen-bond donors (Lipinski definition) is 2. The molecule has 2 N–H and O–H groups in total. The highest BCUT2D eigenvalue weighted by molar-refractivity contribution is 9.10. The van der Waals surface area contributed by atoms with Gasteiger partial charge in [0.1, 0.15) is 0 Å². The standard InChI is InChI=1S/C17H19BrN2O/c1-10-5-6-15(19-4)13(8-10)17(21)20-16-12(3)7-11(2)9-14(16)18/h5-9,19H,1-4H3,(H,20,21). The van der Waals surface area contributed by atoms with E-state index < -0.39 is 0 Å². The Morgan fingerprint density at radius 1 is 1.05 bits per heavy atom. The number of carbonyl (C=O) groups is 1. The lowest BCUT2D eigenvalue weighted by Crippen LogP contribution is -2.15. The molecule has 2 aromatic carbocycles. The maximum atomic E-state index is 12.6. The number of aryl methyl sites for hydroxylation is 3. The second-order valence-corrected chi connectivity index (χ2v) is 6.05. The van der Waals surface area contributed by atoms with Crippen LogP contribution in [-0.2, 0) is 0 Å². The average Bonchev–Trinajstić information content (AvgIpc) is 2.42. The maximum Gasteiger partial charge on any atom is 0.257 e. The van der Waals surface area contributed by atoms with Crippen molar-refractivity contribution in [3.8, 4) is 0 Å². The number of carbonyl (C=O) groups excluding carboxylic acids is 1. The van der Waals surface area contributed by atoms with E-state index in [9.17, 15) is 4.79 Å². The monoisotopic (exact) mass is 346 g/mol. The van der Waals surface area contributed by atoms with Crippen molar-refractivity contribution < 1.29 is 4.79 Å². The zero-order valence-electron chi connectivity index (χ0n) is 12.7. The normalized spacial score (nSPS) is 10.3. The van der Waals surface area contributed by atoms with Crippen LogP contribution in [-0.4, -0.2) is 13.0 Å². The van der Waals surface area contributed by atoms with E-state index in [0.29, 0.717) is 5.56 Å². The van der Waals surface area contributed by atoms with Crippen LogP contribution in [0.4, 0.5) is 11.4 Å². The summed E-state index contributed by atoms with van der Waals surface area (Å²) in [6.45, 7) is 5.99. The first-order chi connectivity index (χ1) is 9.92. The van der Waals surface area contributed by atoms with Crippen LogP contribution in [0.25, 0.3) is 0 Å². The van der Waals surface area contributed by atoms with Gasteiger partial charge in [-0.15, -0.1) is 0 Å². The fraction of sp³-hybridized carbons (Fsp3) is 0.235. The molecule has 0 heterocycles. The van der Waals surface area contributed by atoms with Gasteiger partial charge >= 0.3 is 0 Å². The topological polar surface area (TPSA) is 41.1 Å². The van der Waals surface area contributed by atoms with E-state index in [4.69, 9.17) is 0 Å². The molecule has 0 radical (unpaired) electrons. The van der Waals surface area contributed by atoms with Crippen LogP contribution in [0.5, 0.6) is 0 Å². The number of nitrogens with one attached hydrogen (secondary N) is 2. The Morgan fingerprint density at radius 3 is 2.38 bits per heavy atom. The van der Waals surface area contributed by atoms with Crippen LogP contribution in [0.3, 0.4) is 0 Å². The van der Waals surface area contributed by atoms with Crippen molar-refractivity contribution in [2.45, 2.75) is 20.8 Å². The quantitative estimate of drug-likeness (QED) is 0.847. The summed E-state index contributed by atoms with van der Waals surface area (Å²) in [6.07, 6.45) is 0. The predicted molar refractivity (Wildman–Crippen MR) is 92.3 cm³/mol. The summed E-state index contributed by atoms with van der Waals surface area (Å²) in [7, 11) is 1.81. The van der Waals surface area contributed by atoms with Crippen molar-refractivity contribution in [2.75, 3.05) is 17.7 Å². The number of benzene rings is 2. The number of rotatable bonds is 3. The number of amides is 1. The zero-order chi connectivity index (χ0) is 15.6. The van der Waals surface area contributed by atoms with Crippen LogP contribution < -0.4 is 10.6 Å². The highest BCUT2D eigenvalue weighted by atomic mass is 79.9. The second-order valence-electron chi connectivity index (χ2n) is 5.19. The van der Waals surface area contributed by atoms with Crippen molar-refractivity contribution in [3.05, 3.63) is 57.1 Å². The van der Waals surface area contributed by atoms with Crippen LogP contribution in [0.15, 0.2) is 34.8 Å². The van der Waals surface area contributed by atoms with Gasteiger partial charge in [-0.2, -0.15) is 0 Å². The van der Waals surface area contributed by atoms with Gasteiger partial charge in [-0.1, -0.05) is 17.7 Å². The molecule has 0 fully saturated rings. The average molecular weight is 347 g/mol. The number of anilines is 2. The summed E-state index contributed by atoms with van der Waals surface area (Å²) < 4.78 is 0.895. The maximum absolute atomic E-state index is 12.6. The summed E-state index contributed by atoms with van der Waals surface area (Å²) >= 11 is 3.52. The van der Waals surface area contributed by atoms with E-state index >= 15 is 0 Å². The van der Waals surface area contributed by atoms with Crippen molar-refractivity contribution in [1.29, 1.82) is 0 Å². The molecule has 0 aromatic heterocycles. The molecule has 0 aliphatic carbocycles. The Morgan fingerprint density at radius 2 is 1.76 bits per heavy atom. The molecule has 1 amide bonds. The highest BCUT2D eigenvalue weighted by Gasteiger charge is 2.14. The summed E-state index contributed by atoms with van der Waals surface area (Å²) in [5.74, 6) is -0.115. The lowest BCUT2D eigenvalue weighted by Gasteiger charge is -2.14. The fourth-order valence-corrected chi connectivity index (χ4v) is 3.09. The van der Waals surface area contributed by atoms with Crippen molar-refractivity contribution in [1.82, 2.24) is 0 Å². The minimum atomic E-state index is -0.115. The van der Waals surface area contributed by atoms with E-state index in [1.54, 1.807) is 0 Å². The minimum Gasteiger partial charge on any atom is -0.387 e. The summed E-state index contributed by atoms with van der Waals surface area (Å²) in [6, 6.07) is 9.84. The molecule has 110 valence electrons. The van der Waals surface area contributed by atoms with Gasteiger partial charge in [0.15, 0.2) is 0 Å². The molecule has 0 spiro atoms. The molecule has 4 heteroatoms. The van der Waals surface area contributed by atoms with E-state index in [0.717, 1.165) is 32.5 Å². The molecule has 21 heavy (non-hydrogen) atoms. The largest absolute Gasteiger partial charge is 0.387 e. The molecular formula is C17H19BrN2O. The third-order valence-corrected chi connectivity index (χ3v) is 3.98. The van der Waals surface area contributed by atoms with Crippen LogP contribution in [0, 0.1) is 20.8 Å². The Hall–Kier alpha value is -1.81. The molecule has 0 saturated carbocycles. The molecule has 2 aromatic rings. The molecule has 0 unspecified atom stereocenters. The SMILES string of the molecule is CNc1ccc(C)cc1C(=O)Nc1c(C)cc(C)cc1Br. The van der Waals surface area contributed by atoms with E-state index in [-0.39, 0.29) is 5.91 Å². The summed E-state index contributed by atoms with van der Waals surface area (Å²) in [5, 5.41) is 6.05. The van der Waals surface area contributed by atoms with Gasteiger partial charge in [0.05, 0.1) is 11.3 Å². The first kappa shape index (κ1) is 15.6. The van der Waals surface area contributed by atoms with Crippen molar-refractivity contribution in [3.63, 3.8) is 0 Å². The van der Waals surface area contributed by atoms with Gasteiger partial charge in [-0.25, -0.2) is 0 Å².